The Bertz CT molecular complexity index is 289. The molecular weight excluding hydrogens is 252 g/mol. The van der Waals surface area contributed by atoms with Gasteiger partial charge in [0.05, 0.1) is 12.7 Å². The van der Waals surface area contributed by atoms with E-state index in [2.05, 4.69) is 38.0 Å². The quantitative estimate of drug-likeness (QED) is 0.807. The van der Waals surface area contributed by atoms with Crippen molar-refractivity contribution in [2.24, 2.45) is 5.41 Å². The Kier molecular flexibility index (Phi) is 5.46. The van der Waals surface area contributed by atoms with Gasteiger partial charge in [0.2, 0.25) is 0 Å². The summed E-state index contributed by atoms with van der Waals surface area (Å²) in [7, 11) is 2.22. The Morgan fingerprint density at radius 2 is 2.10 bits per heavy atom. The molecule has 0 aromatic carbocycles. The lowest BCUT2D eigenvalue weighted by Gasteiger charge is -2.36. The number of rotatable bonds is 6. The van der Waals surface area contributed by atoms with E-state index < -0.39 is 0 Å². The highest BCUT2D eigenvalue weighted by molar-refractivity contribution is 4.90. The molecular formula is C16H32N2O2. The van der Waals surface area contributed by atoms with Crippen molar-refractivity contribution in [1.29, 1.82) is 0 Å². The Labute approximate surface area is 124 Å². The van der Waals surface area contributed by atoms with E-state index in [0.29, 0.717) is 6.10 Å². The Morgan fingerprint density at radius 1 is 1.30 bits per heavy atom. The smallest absolute Gasteiger partial charge is 0.0702 e. The first-order chi connectivity index (χ1) is 9.39. The van der Waals surface area contributed by atoms with E-state index in [1.165, 1.54) is 12.8 Å². The zero-order chi connectivity index (χ0) is 14.6. The third kappa shape index (κ3) is 4.99. The van der Waals surface area contributed by atoms with E-state index in [1.54, 1.807) is 0 Å². The molecule has 0 aromatic heterocycles. The van der Waals surface area contributed by atoms with Crippen molar-refractivity contribution < 1.29 is 9.47 Å². The van der Waals surface area contributed by atoms with Gasteiger partial charge in [-0.15, -0.1) is 0 Å². The molecule has 2 unspecified atom stereocenters. The molecule has 20 heavy (non-hydrogen) atoms. The van der Waals surface area contributed by atoms with Gasteiger partial charge in [0, 0.05) is 43.8 Å². The van der Waals surface area contributed by atoms with Crippen LogP contribution in [0.5, 0.6) is 0 Å². The van der Waals surface area contributed by atoms with Gasteiger partial charge < -0.3 is 19.7 Å². The second kappa shape index (κ2) is 6.73. The molecule has 0 radical (unpaired) electrons. The fraction of sp³-hybridized carbons (Fsp3) is 1.00. The van der Waals surface area contributed by atoms with Crippen LogP contribution in [0.2, 0.25) is 0 Å². The Hall–Kier alpha value is -0.160. The predicted octanol–water partition coefficient (Wildman–Crippen LogP) is 1.89. The summed E-state index contributed by atoms with van der Waals surface area (Å²) in [6.07, 6.45) is 4.04. The molecule has 2 saturated heterocycles. The lowest BCUT2D eigenvalue weighted by atomic mass is 9.85. The predicted molar refractivity (Wildman–Crippen MR) is 82.1 cm³/mol. The maximum atomic E-state index is 5.75. The molecule has 2 heterocycles. The Balaban J connectivity index is 1.84. The van der Waals surface area contributed by atoms with E-state index >= 15 is 0 Å². The van der Waals surface area contributed by atoms with Gasteiger partial charge in [0.1, 0.15) is 0 Å². The first-order valence-electron chi connectivity index (χ1n) is 8.02. The number of likely N-dealkylation sites (N-methyl/N-ethyl adjacent to an activating group) is 1. The maximum Gasteiger partial charge on any atom is 0.0702 e. The summed E-state index contributed by atoms with van der Waals surface area (Å²) in [5.74, 6) is 0. The highest BCUT2D eigenvalue weighted by Crippen LogP contribution is 2.30. The third-order valence-corrected chi connectivity index (χ3v) is 4.32. The van der Waals surface area contributed by atoms with Crippen LogP contribution in [0.1, 0.15) is 40.0 Å². The van der Waals surface area contributed by atoms with Gasteiger partial charge in [0.25, 0.3) is 0 Å². The summed E-state index contributed by atoms with van der Waals surface area (Å²) >= 11 is 0. The standard InChI is InChI=1S/C16H32N2O2/c1-15(2,3)17-11-16(7-9-19-13-16)12-18(4)10-14-6-5-8-20-14/h14,17H,5-13H2,1-4H3. The molecule has 2 atom stereocenters. The molecule has 2 fully saturated rings. The lowest BCUT2D eigenvalue weighted by molar-refractivity contribution is 0.0577. The summed E-state index contributed by atoms with van der Waals surface area (Å²) < 4.78 is 11.4. The van der Waals surface area contributed by atoms with Crippen molar-refractivity contribution in [3.63, 3.8) is 0 Å². The molecule has 0 saturated carbocycles. The molecule has 2 aliphatic heterocycles. The molecule has 2 rings (SSSR count). The van der Waals surface area contributed by atoms with Gasteiger partial charge in [-0.25, -0.2) is 0 Å². The zero-order valence-corrected chi connectivity index (χ0v) is 13.7. The van der Waals surface area contributed by atoms with Crippen molar-refractivity contribution in [2.45, 2.75) is 51.7 Å². The fourth-order valence-electron chi connectivity index (χ4n) is 3.20. The van der Waals surface area contributed by atoms with E-state index in [0.717, 1.165) is 45.9 Å². The van der Waals surface area contributed by atoms with Gasteiger partial charge >= 0.3 is 0 Å². The van der Waals surface area contributed by atoms with Crippen molar-refractivity contribution in [3.8, 4) is 0 Å². The van der Waals surface area contributed by atoms with Gasteiger partial charge in [-0.1, -0.05) is 0 Å². The van der Waals surface area contributed by atoms with Crippen LogP contribution in [-0.4, -0.2) is 63.0 Å². The third-order valence-electron chi connectivity index (χ3n) is 4.32. The fourth-order valence-corrected chi connectivity index (χ4v) is 3.20. The van der Waals surface area contributed by atoms with Gasteiger partial charge in [-0.2, -0.15) is 0 Å². The van der Waals surface area contributed by atoms with E-state index in [9.17, 15) is 0 Å². The SMILES string of the molecule is CN(CC1CCCO1)CC1(CNC(C)(C)C)CCOC1. The second-order valence-corrected chi connectivity index (χ2v) is 7.74. The molecule has 118 valence electrons. The molecule has 0 amide bonds. The molecule has 2 aliphatic rings. The number of hydrogen-bond acceptors (Lipinski definition) is 4. The molecule has 0 spiro atoms. The molecule has 0 bridgehead atoms. The van der Waals surface area contributed by atoms with Crippen LogP contribution in [0.25, 0.3) is 0 Å². The monoisotopic (exact) mass is 284 g/mol. The zero-order valence-electron chi connectivity index (χ0n) is 13.7. The minimum absolute atomic E-state index is 0.169. The van der Waals surface area contributed by atoms with Crippen molar-refractivity contribution >= 4 is 0 Å². The van der Waals surface area contributed by atoms with Crippen LogP contribution in [0, 0.1) is 5.41 Å². The van der Waals surface area contributed by atoms with Crippen molar-refractivity contribution in [2.75, 3.05) is 46.5 Å². The first kappa shape index (κ1) is 16.2. The van der Waals surface area contributed by atoms with Crippen molar-refractivity contribution in [1.82, 2.24) is 10.2 Å². The second-order valence-electron chi connectivity index (χ2n) is 7.74. The summed E-state index contributed by atoms with van der Waals surface area (Å²) in [5, 5.41) is 3.67. The molecule has 4 nitrogen and oxygen atoms in total. The van der Waals surface area contributed by atoms with Crippen LogP contribution in [-0.2, 0) is 9.47 Å². The average Bonchev–Trinajstić information content (AvgIpc) is 2.98. The topological polar surface area (TPSA) is 33.7 Å². The van der Waals surface area contributed by atoms with Gasteiger partial charge in [-0.3, -0.25) is 0 Å². The lowest BCUT2D eigenvalue weighted by Crippen LogP contribution is -2.49. The van der Waals surface area contributed by atoms with E-state index in [4.69, 9.17) is 9.47 Å². The summed E-state index contributed by atoms with van der Waals surface area (Å²) in [4.78, 5) is 2.44. The average molecular weight is 284 g/mol. The largest absolute Gasteiger partial charge is 0.381 e. The molecule has 1 N–H and O–H groups in total. The van der Waals surface area contributed by atoms with Gasteiger partial charge in [-0.05, 0) is 47.1 Å². The minimum atomic E-state index is 0.169. The van der Waals surface area contributed by atoms with Crippen LogP contribution in [0.3, 0.4) is 0 Å². The molecule has 0 aliphatic carbocycles. The van der Waals surface area contributed by atoms with Crippen LogP contribution in [0.15, 0.2) is 0 Å². The van der Waals surface area contributed by atoms with E-state index in [-0.39, 0.29) is 11.0 Å². The minimum Gasteiger partial charge on any atom is -0.381 e. The summed E-state index contributed by atoms with van der Waals surface area (Å²) in [6, 6.07) is 0. The first-order valence-corrected chi connectivity index (χ1v) is 8.02. The van der Waals surface area contributed by atoms with Crippen LogP contribution < -0.4 is 5.32 Å². The van der Waals surface area contributed by atoms with Gasteiger partial charge in [0.15, 0.2) is 0 Å². The normalized spacial score (nSPS) is 31.4. The molecule has 0 aromatic rings. The number of nitrogens with zero attached hydrogens (tertiary/aromatic N) is 1. The summed E-state index contributed by atoms with van der Waals surface area (Å²) in [5.41, 5.74) is 0.434. The number of nitrogens with one attached hydrogen (secondary N) is 1. The summed E-state index contributed by atoms with van der Waals surface area (Å²) in [6.45, 7) is 12.6. The Morgan fingerprint density at radius 3 is 2.65 bits per heavy atom. The highest BCUT2D eigenvalue weighted by atomic mass is 16.5. The van der Waals surface area contributed by atoms with Crippen LogP contribution in [0.4, 0.5) is 0 Å². The highest BCUT2D eigenvalue weighted by Gasteiger charge is 2.37. The van der Waals surface area contributed by atoms with Crippen LogP contribution >= 0.6 is 0 Å². The maximum absolute atomic E-state index is 5.75. The molecule has 4 heteroatoms. The number of hydrogen-bond donors (Lipinski definition) is 1. The number of ether oxygens (including phenoxy) is 2. The van der Waals surface area contributed by atoms with Crippen molar-refractivity contribution in [3.05, 3.63) is 0 Å². The van der Waals surface area contributed by atoms with E-state index in [1.807, 2.05) is 0 Å².